The molecule has 32 heavy (non-hydrogen) atoms. The summed E-state index contributed by atoms with van der Waals surface area (Å²) in [7, 11) is 0. The number of amides is 1. The molecule has 0 bridgehead atoms. The van der Waals surface area contributed by atoms with Crippen LogP contribution in [0.15, 0.2) is 60.3 Å². The van der Waals surface area contributed by atoms with E-state index < -0.39 is 17.7 Å². The fourth-order valence-electron chi connectivity index (χ4n) is 5.09. The average molecular weight is 431 g/mol. The molecule has 2 aliphatic rings. The lowest BCUT2D eigenvalue weighted by Crippen LogP contribution is -2.37. The minimum absolute atomic E-state index is 0.00910. The van der Waals surface area contributed by atoms with Gasteiger partial charge in [0.15, 0.2) is 0 Å². The Labute approximate surface area is 186 Å². The number of rotatable bonds is 5. The third-order valence-electron chi connectivity index (χ3n) is 6.53. The van der Waals surface area contributed by atoms with E-state index >= 15 is 0 Å². The van der Waals surface area contributed by atoms with E-state index in [9.17, 15) is 14.7 Å². The van der Waals surface area contributed by atoms with Crippen molar-refractivity contribution in [2.24, 2.45) is 0 Å². The molecule has 1 unspecified atom stereocenters. The Morgan fingerprint density at radius 1 is 1.12 bits per heavy atom. The van der Waals surface area contributed by atoms with Crippen LogP contribution in [0.2, 0.25) is 0 Å². The summed E-state index contributed by atoms with van der Waals surface area (Å²) in [5, 5.41) is 12.3. The maximum Gasteiger partial charge on any atom is 0.295 e. The highest BCUT2D eigenvalue weighted by molar-refractivity contribution is 6.46. The summed E-state index contributed by atoms with van der Waals surface area (Å²) in [5.74, 6) is -0.730. The highest BCUT2D eigenvalue weighted by Crippen LogP contribution is 2.45. The molecule has 1 aliphatic heterocycles. The van der Waals surface area contributed by atoms with Crippen molar-refractivity contribution in [3.8, 4) is 5.75 Å². The van der Waals surface area contributed by atoms with E-state index in [4.69, 9.17) is 4.74 Å². The Morgan fingerprint density at radius 3 is 2.69 bits per heavy atom. The molecule has 1 aromatic heterocycles. The summed E-state index contributed by atoms with van der Waals surface area (Å²) < 4.78 is 5.57. The summed E-state index contributed by atoms with van der Waals surface area (Å²) in [6, 6.07) is 14.2. The lowest BCUT2D eigenvalue weighted by molar-refractivity contribution is -0.141. The normalized spacial score (nSPS) is 21.0. The molecular weight excluding hydrogens is 404 g/mol. The van der Waals surface area contributed by atoms with Gasteiger partial charge < -0.3 is 19.7 Å². The molecule has 1 saturated heterocycles. The quantitative estimate of drug-likeness (QED) is 0.342. The molecule has 164 valence electrons. The van der Waals surface area contributed by atoms with E-state index in [1.165, 1.54) is 0 Å². The van der Waals surface area contributed by atoms with E-state index in [2.05, 4.69) is 4.98 Å². The molecule has 0 spiro atoms. The summed E-state index contributed by atoms with van der Waals surface area (Å²) in [6.07, 6.45) is 5.65. The van der Waals surface area contributed by atoms with Crippen LogP contribution in [0.5, 0.6) is 5.75 Å². The Morgan fingerprint density at radius 2 is 1.91 bits per heavy atom. The molecular formula is C26H26N2O4. The number of ether oxygens (including phenoxy) is 1. The third-order valence-corrected chi connectivity index (χ3v) is 6.53. The number of fused-ring (bicyclic) bond motifs is 1. The SMILES string of the molecule is CCOc1cccc(/C(O)=C2\C(=O)C(=O)N(C3CCCC3)C2c2c[nH]c3ccccc23)c1. The first-order valence-electron chi connectivity index (χ1n) is 11.2. The number of carbonyl (C=O) groups is 2. The van der Waals surface area contributed by atoms with Crippen LogP contribution < -0.4 is 4.74 Å². The fourth-order valence-corrected chi connectivity index (χ4v) is 5.09. The number of aromatic nitrogens is 1. The number of nitrogens with zero attached hydrogens (tertiary/aromatic N) is 1. The number of H-pyrrole nitrogens is 1. The largest absolute Gasteiger partial charge is 0.507 e. The van der Waals surface area contributed by atoms with Crippen LogP contribution in [0.4, 0.5) is 0 Å². The van der Waals surface area contributed by atoms with Gasteiger partial charge in [-0.3, -0.25) is 9.59 Å². The second-order valence-electron chi connectivity index (χ2n) is 8.40. The van der Waals surface area contributed by atoms with Gasteiger partial charge in [-0.15, -0.1) is 0 Å². The first-order valence-corrected chi connectivity index (χ1v) is 11.2. The third kappa shape index (κ3) is 3.27. The average Bonchev–Trinajstić information content (AvgIpc) is 3.53. The van der Waals surface area contributed by atoms with Gasteiger partial charge in [0.05, 0.1) is 18.2 Å². The summed E-state index contributed by atoms with van der Waals surface area (Å²) in [6.45, 7) is 2.38. The van der Waals surface area contributed by atoms with Crippen molar-refractivity contribution < 1.29 is 19.4 Å². The Balaban J connectivity index is 1.70. The first kappa shape index (κ1) is 20.4. The molecule has 1 amide bonds. The van der Waals surface area contributed by atoms with Gasteiger partial charge in [0, 0.05) is 34.3 Å². The number of carbonyl (C=O) groups excluding carboxylic acids is 2. The molecule has 1 aliphatic carbocycles. The molecule has 3 aromatic rings. The molecule has 1 atom stereocenters. The molecule has 5 rings (SSSR count). The number of likely N-dealkylation sites (tertiary alicyclic amines) is 1. The summed E-state index contributed by atoms with van der Waals surface area (Å²) in [4.78, 5) is 31.5. The Kier molecular flexibility index (Phi) is 5.21. The molecule has 6 heteroatoms. The maximum absolute atomic E-state index is 13.3. The zero-order chi connectivity index (χ0) is 22.2. The monoisotopic (exact) mass is 430 g/mol. The van der Waals surface area contributed by atoms with Crippen molar-refractivity contribution in [2.75, 3.05) is 6.61 Å². The first-order chi connectivity index (χ1) is 15.6. The molecule has 2 fully saturated rings. The minimum atomic E-state index is -0.634. The van der Waals surface area contributed by atoms with Gasteiger partial charge in [0.25, 0.3) is 11.7 Å². The molecule has 2 aromatic carbocycles. The van der Waals surface area contributed by atoms with Crippen molar-refractivity contribution in [3.63, 3.8) is 0 Å². The molecule has 2 heterocycles. The van der Waals surface area contributed by atoms with Crippen LogP contribution >= 0.6 is 0 Å². The number of benzene rings is 2. The second-order valence-corrected chi connectivity index (χ2v) is 8.40. The van der Waals surface area contributed by atoms with Crippen molar-refractivity contribution in [1.29, 1.82) is 0 Å². The van der Waals surface area contributed by atoms with Crippen molar-refractivity contribution in [3.05, 3.63) is 71.4 Å². The second kappa shape index (κ2) is 8.19. The number of para-hydroxylation sites is 1. The van der Waals surface area contributed by atoms with E-state index in [0.29, 0.717) is 17.9 Å². The van der Waals surface area contributed by atoms with Crippen molar-refractivity contribution in [1.82, 2.24) is 9.88 Å². The zero-order valence-corrected chi connectivity index (χ0v) is 18.0. The van der Waals surface area contributed by atoms with Crippen LogP contribution in [0.1, 0.15) is 49.8 Å². The topological polar surface area (TPSA) is 82.6 Å². The molecule has 0 radical (unpaired) electrons. The van der Waals surface area contributed by atoms with Gasteiger partial charge in [-0.05, 0) is 38.0 Å². The highest BCUT2D eigenvalue weighted by atomic mass is 16.5. The lowest BCUT2D eigenvalue weighted by Gasteiger charge is -2.30. The number of hydrogen-bond donors (Lipinski definition) is 2. The fraction of sp³-hybridized carbons (Fsp3) is 0.308. The number of ketones is 1. The Hall–Kier alpha value is -3.54. The predicted octanol–water partition coefficient (Wildman–Crippen LogP) is 4.93. The van der Waals surface area contributed by atoms with Gasteiger partial charge in [-0.2, -0.15) is 0 Å². The van der Waals surface area contributed by atoms with Crippen LogP contribution in [-0.2, 0) is 9.59 Å². The lowest BCUT2D eigenvalue weighted by atomic mass is 9.94. The van der Waals surface area contributed by atoms with Gasteiger partial charge >= 0.3 is 0 Å². The summed E-state index contributed by atoms with van der Waals surface area (Å²) >= 11 is 0. The zero-order valence-electron chi connectivity index (χ0n) is 18.0. The van der Waals surface area contributed by atoms with E-state index in [0.717, 1.165) is 42.1 Å². The predicted molar refractivity (Wildman–Crippen MR) is 122 cm³/mol. The number of aliphatic hydroxyl groups excluding tert-OH is 1. The molecule has 6 nitrogen and oxygen atoms in total. The highest BCUT2D eigenvalue weighted by Gasteiger charge is 2.49. The van der Waals surface area contributed by atoms with Gasteiger partial charge in [-0.1, -0.05) is 43.2 Å². The van der Waals surface area contributed by atoms with Crippen LogP contribution in [-0.4, -0.2) is 39.3 Å². The van der Waals surface area contributed by atoms with Crippen LogP contribution in [0.3, 0.4) is 0 Å². The standard InChI is InChI=1S/C26H26N2O4/c1-2-32-18-11-7-8-16(14-18)24(29)22-23(20-15-27-21-13-6-5-12-19(20)21)28(26(31)25(22)30)17-9-3-4-10-17/h5-8,11-15,17,23,27,29H,2-4,9-10H2,1H3/b24-22+. The summed E-state index contributed by atoms with van der Waals surface area (Å²) in [5.41, 5.74) is 2.36. The van der Waals surface area contributed by atoms with Gasteiger partial charge in [-0.25, -0.2) is 0 Å². The Bertz CT molecular complexity index is 1220. The van der Waals surface area contributed by atoms with Crippen LogP contribution in [0, 0.1) is 0 Å². The van der Waals surface area contributed by atoms with E-state index in [1.54, 1.807) is 29.2 Å². The smallest absolute Gasteiger partial charge is 0.295 e. The number of hydrogen-bond acceptors (Lipinski definition) is 4. The number of Topliss-reactive ketones (excluding diaryl/α,β-unsaturated/α-hetero) is 1. The van der Waals surface area contributed by atoms with Gasteiger partial charge in [0.2, 0.25) is 0 Å². The minimum Gasteiger partial charge on any atom is -0.507 e. The van der Waals surface area contributed by atoms with Crippen molar-refractivity contribution in [2.45, 2.75) is 44.7 Å². The van der Waals surface area contributed by atoms with Crippen LogP contribution in [0.25, 0.3) is 16.7 Å². The number of nitrogens with one attached hydrogen (secondary N) is 1. The number of aliphatic hydroxyl groups is 1. The van der Waals surface area contributed by atoms with Crippen molar-refractivity contribution >= 4 is 28.4 Å². The van der Waals surface area contributed by atoms with Gasteiger partial charge in [0.1, 0.15) is 11.5 Å². The molecule has 2 N–H and O–H groups in total. The number of aromatic amines is 1. The molecule has 1 saturated carbocycles. The van der Waals surface area contributed by atoms with E-state index in [-0.39, 0.29) is 17.4 Å². The van der Waals surface area contributed by atoms with E-state index in [1.807, 2.05) is 37.4 Å². The maximum atomic E-state index is 13.3.